The molecule has 0 amide bonds. The minimum Gasteiger partial charge on any atom is -0.381 e. The number of ether oxygens (including phenoxy) is 1. The van der Waals surface area contributed by atoms with Gasteiger partial charge in [-0.2, -0.15) is 5.10 Å². The molecule has 2 aliphatic heterocycles. The first-order valence-corrected chi connectivity index (χ1v) is 10.7. The molecule has 2 saturated heterocycles. The third-order valence-electron chi connectivity index (χ3n) is 5.93. The normalized spacial score (nSPS) is 20.4. The summed E-state index contributed by atoms with van der Waals surface area (Å²) in [5.74, 6) is 0. The number of anilines is 1. The molecule has 0 atom stereocenters. The second-order valence-electron chi connectivity index (χ2n) is 8.45. The van der Waals surface area contributed by atoms with Crippen LogP contribution in [-0.2, 0) is 4.74 Å². The fourth-order valence-electron chi connectivity index (χ4n) is 4.40. The van der Waals surface area contributed by atoms with Crippen LogP contribution in [-0.4, -0.2) is 72.3 Å². The first-order chi connectivity index (χ1) is 13.9. The van der Waals surface area contributed by atoms with Crippen molar-refractivity contribution in [1.29, 1.82) is 0 Å². The van der Waals surface area contributed by atoms with Crippen molar-refractivity contribution in [3.63, 3.8) is 0 Å². The Hall–Kier alpha value is -1.70. The zero-order valence-electron chi connectivity index (χ0n) is 17.2. The molecule has 4 heterocycles. The van der Waals surface area contributed by atoms with Gasteiger partial charge in [0, 0.05) is 74.9 Å². The molecule has 2 aromatic heterocycles. The SMILES string of the molecule is CN(C)CC1(F)CCN(c2cc(Cl)ncc2-c2cnn(C3CCOCC3)c2)CC1. The molecule has 0 radical (unpaired) electrons. The van der Waals surface area contributed by atoms with Gasteiger partial charge in [0.05, 0.1) is 12.2 Å². The lowest BCUT2D eigenvalue weighted by Crippen LogP contribution is -2.47. The molecule has 0 aromatic carbocycles. The summed E-state index contributed by atoms with van der Waals surface area (Å²) in [6, 6.07) is 2.26. The van der Waals surface area contributed by atoms with Crippen molar-refractivity contribution >= 4 is 17.3 Å². The average molecular weight is 422 g/mol. The van der Waals surface area contributed by atoms with E-state index >= 15 is 4.39 Å². The van der Waals surface area contributed by atoms with Crippen LogP contribution in [0.2, 0.25) is 5.15 Å². The molecular formula is C21H29ClFN5O. The molecule has 0 aliphatic carbocycles. The van der Waals surface area contributed by atoms with Crippen molar-refractivity contribution in [3.05, 3.63) is 29.8 Å². The van der Waals surface area contributed by atoms with Crippen molar-refractivity contribution in [2.24, 2.45) is 0 Å². The molecule has 0 spiro atoms. The summed E-state index contributed by atoms with van der Waals surface area (Å²) in [5.41, 5.74) is 1.88. The van der Waals surface area contributed by atoms with Gasteiger partial charge in [0.1, 0.15) is 10.8 Å². The second kappa shape index (κ2) is 8.58. The lowest BCUT2D eigenvalue weighted by Gasteiger charge is -2.39. The Balaban J connectivity index is 1.55. The lowest BCUT2D eigenvalue weighted by molar-refractivity contribution is 0.0662. The van der Waals surface area contributed by atoms with Crippen LogP contribution in [0, 0.1) is 0 Å². The quantitative estimate of drug-likeness (QED) is 0.687. The number of pyridine rings is 1. The third kappa shape index (κ3) is 4.73. The van der Waals surface area contributed by atoms with Crippen LogP contribution in [0.3, 0.4) is 0 Å². The highest BCUT2D eigenvalue weighted by Gasteiger charge is 2.35. The number of rotatable bonds is 5. The maximum absolute atomic E-state index is 15.1. The Morgan fingerprint density at radius 3 is 2.66 bits per heavy atom. The highest BCUT2D eigenvalue weighted by atomic mass is 35.5. The summed E-state index contributed by atoms with van der Waals surface area (Å²) in [6.07, 6.45) is 8.74. The number of hydrogen-bond acceptors (Lipinski definition) is 5. The van der Waals surface area contributed by atoms with Crippen molar-refractivity contribution < 1.29 is 9.13 Å². The van der Waals surface area contributed by atoms with E-state index in [4.69, 9.17) is 16.3 Å². The Morgan fingerprint density at radius 2 is 1.97 bits per heavy atom. The molecule has 0 saturated carbocycles. The van der Waals surface area contributed by atoms with Crippen LogP contribution in [0.5, 0.6) is 0 Å². The van der Waals surface area contributed by atoms with E-state index < -0.39 is 5.67 Å². The number of nitrogens with zero attached hydrogens (tertiary/aromatic N) is 5. The summed E-state index contributed by atoms with van der Waals surface area (Å²) < 4.78 is 22.6. The largest absolute Gasteiger partial charge is 0.381 e. The zero-order valence-corrected chi connectivity index (χ0v) is 17.9. The molecule has 2 aromatic rings. The van der Waals surface area contributed by atoms with E-state index in [2.05, 4.69) is 21.2 Å². The van der Waals surface area contributed by atoms with Gasteiger partial charge < -0.3 is 14.5 Å². The van der Waals surface area contributed by atoms with E-state index in [1.54, 1.807) is 6.20 Å². The second-order valence-corrected chi connectivity index (χ2v) is 8.84. The van der Waals surface area contributed by atoms with Crippen LogP contribution >= 0.6 is 11.6 Å². The number of aromatic nitrogens is 3. The summed E-state index contributed by atoms with van der Waals surface area (Å²) in [7, 11) is 3.84. The molecule has 8 heteroatoms. The smallest absolute Gasteiger partial charge is 0.131 e. The Morgan fingerprint density at radius 1 is 1.24 bits per heavy atom. The summed E-state index contributed by atoms with van der Waals surface area (Å²) in [6.45, 7) is 3.33. The molecule has 0 unspecified atom stereocenters. The maximum atomic E-state index is 15.1. The van der Waals surface area contributed by atoms with Crippen LogP contribution in [0.15, 0.2) is 24.7 Å². The molecule has 4 rings (SSSR count). The van der Waals surface area contributed by atoms with Gasteiger partial charge in [0.15, 0.2) is 0 Å². The van der Waals surface area contributed by atoms with Crippen LogP contribution in [0.1, 0.15) is 31.7 Å². The lowest BCUT2D eigenvalue weighted by atomic mass is 9.92. The molecule has 2 fully saturated rings. The Labute approximate surface area is 176 Å². The van der Waals surface area contributed by atoms with Crippen LogP contribution in [0.25, 0.3) is 11.1 Å². The average Bonchev–Trinajstić information content (AvgIpc) is 3.18. The maximum Gasteiger partial charge on any atom is 0.131 e. The number of hydrogen-bond donors (Lipinski definition) is 0. The minimum absolute atomic E-state index is 0.370. The number of piperidine rings is 1. The van der Waals surface area contributed by atoms with E-state index in [-0.39, 0.29) is 0 Å². The highest BCUT2D eigenvalue weighted by molar-refractivity contribution is 6.29. The van der Waals surface area contributed by atoms with E-state index in [0.29, 0.717) is 43.7 Å². The van der Waals surface area contributed by atoms with E-state index in [9.17, 15) is 0 Å². The fourth-order valence-corrected chi connectivity index (χ4v) is 4.56. The monoisotopic (exact) mass is 421 g/mol. The van der Waals surface area contributed by atoms with E-state index in [1.165, 1.54) is 0 Å². The number of halogens is 2. The van der Waals surface area contributed by atoms with Crippen LogP contribution < -0.4 is 4.90 Å². The topological polar surface area (TPSA) is 46.4 Å². The van der Waals surface area contributed by atoms with Crippen molar-refractivity contribution in [1.82, 2.24) is 19.7 Å². The van der Waals surface area contributed by atoms with Gasteiger partial charge in [-0.15, -0.1) is 0 Å². The minimum atomic E-state index is -1.13. The molecule has 0 bridgehead atoms. The molecular weight excluding hydrogens is 393 g/mol. The summed E-state index contributed by atoms with van der Waals surface area (Å²) >= 11 is 6.22. The van der Waals surface area contributed by atoms with E-state index in [0.717, 1.165) is 42.9 Å². The molecule has 0 N–H and O–H groups in total. The van der Waals surface area contributed by atoms with Crippen molar-refractivity contribution in [2.75, 3.05) is 51.8 Å². The van der Waals surface area contributed by atoms with E-state index in [1.807, 2.05) is 35.9 Å². The van der Waals surface area contributed by atoms with Crippen LogP contribution in [0.4, 0.5) is 10.1 Å². The van der Waals surface area contributed by atoms with Gasteiger partial charge in [-0.1, -0.05) is 11.6 Å². The summed E-state index contributed by atoms with van der Waals surface area (Å²) in [5, 5.41) is 5.05. The third-order valence-corrected chi connectivity index (χ3v) is 6.13. The van der Waals surface area contributed by atoms with Gasteiger partial charge in [0.25, 0.3) is 0 Å². The molecule has 158 valence electrons. The number of alkyl halides is 1. The molecule has 6 nitrogen and oxygen atoms in total. The van der Waals surface area contributed by atoms with Crippen molar-refractivity contribution in [3.8, 4) is 11.1 Å². The summed E-state index contributed by atoms with van der Waals surface area (Å²) in [4.78, 5) is 8.45. The fraction of sp³-hybridized carbons (Fsp3) is 0.619. The molecule has 2 aliphatic rings. The van der Waals surface area contributed by atoms with Gasteiger partial charge in [-0.05, 0) is 33.0 Å². The standard InChI is InChI=1S/C21H29ClFN5O/c1-26(2)15-21(23)5-7-27(8-6-21)19-11-20(22)24-13-18(19)16-12-25-28(14-16)17-3-9-29-10-4-17/h11-14,17H,3-10,15H2,1-2H3. The first kappa shape index (κ1) is 20.6. The van der Waals surface area contributed by atoms with Gasteiger partial charge in [-0.25, -0.2) is 9.37 Å². The Bertz CT molecular complexity index is 828. The van der Waals surface area contributed by atoms with Gasteiger partial charge in [-0.3, -0.25) is 4.68 Å². The first-order valence-electron chi connectivity index (χ1n) is 10.3. The Kier molecular flexibility index (Phi) is 6.08. The predicted octanol–water partition coefficient (Wildman–Crippen LogP) is 3.82. The predicted molar refractivity (Wildman–Crippen MR) is 113 cm³/mol. The van der Waals surface area contributed by atoms with Gasteiger partial charge in [0.2, 0.25) is 0 Å². The van der Waals surface area contributed by atoms with Crippen molar-refractivity contribution in [2.45, 2.75) is 37.4 Å². The highest BCUT2D eigenvalue weighted by Crippen LogP contribution is 2.37. The van der Waals surface area contributed by atoms with Gasteiger partial charge >= 0.3 is 0 Å². The zero-order chi connectivity index (χ0) is 20.4. The molecule has 29 heavy (non-hydrogen) atoms.